The van der Waals surface area contributed by atoms with Gasteiger partial charge in [0.1, 0.15) is 11.1 Å². The van der Waals surface area contributed by atoms with Gasteiger partial charge in [0.25, 0.3) is 0 Å². The summed E-state index contributed by atoms with van der Waals surface area (Å²) < 4.78 is 39.5. The van der Waals surface area contributed by atoms with Gasteiger partial charge >= 0.3 is 0 Å². The summed E-state index contributed by atoms with van der Waals surface area (Å²) in [6, 6.07) is 4.11. The second-order valence-corrected chi connectivity index (χ2v) is 6.24. The summed E-state index contributed by atoms with van der Waals surface area (Å²) in [6.07, 6.45) is 0.263. The highest BCUT2D eigenvalue weighted by atomic mass is 32.2. The van der Waals surface area contributed by atoms with E-state index < -0.39 is 21.1 Å². The van der Waals surface area contributed by atoms with E-state index in [9.17, 15) is 12.8 Å². The molecule has 0 aromatic heterocycles. The lowest BCUT2D eigenvalue weighted by molar-refractivity contribution is 0.594. The third kappa shape index (κ3) is 3.39. The quantitative estimate of drug-likeness (QED) is 0.813. The van der Waals surface area contributed by atoms with Gasteiger partial charge in [-0.2, -0.15) is 0 Å². The van der Waals surface area contributed by atoms with Crippen molar-refractivity contribution >= 4 is 32.9 Å². The Morgan fingerprint density at radius 1 is 1.56 bits per heavy atom. The molecule has 0 radical (unpaired) electrons. The summed E-state index contributed by atoms with van der Waals surface area (Å²) in [5, 5.41) is -0.961. The lowest BCUT2D eigenvalue weighted by Gasteiger charge is -2.16. The molecule has 0 aliphatic carbocycles. The number of thiocarbonyl (C=S) groups is 1. The molecule has 18 heavy (non-hydrogen) atoms. The molecule has 0 fully saturated rings. The molecule has 0 aliphatic heterocycles. The number of aryl methyl sites for hydroxylation is 1. The van der Waals surface area contributed by atoms with E-state index in [-0.39, 0.29) is 17.1 Å². The maximum atomic E-state index is 13.3. The lowest BCUT2D eigenvalue weighted by atomic mass is 10.2. The second-order valence-electron chi connectivity index (χ2n) is 3.91. The van der Waals surface area contributed by atoms with E-state index in [0.29, 0.717) is 5.56 Å². The Hall–Kier alpha value is -1.21. The van der Waals surface area contributed by atoms with Gasteiger partial charge in [0, 0.05) is 0 Å². The molecule has 0 saturated carbocycles. The Kier molecular flexibility index (Phi) is 4.64. The minimum absolute atomic E-state index is 0.0995. The molecule has 0 saturated heterocycles. The molecule has 100 valence electrons. The lowest BCUT2D eigenvalue weighted by Crippen LogP contribution is -2.37. The first-order valence-electron chi connectivity index (χ1n) is 5.35. The van der Waals surface area contributed by atoms with E-state index in [1.54, 1.807) is 13.8 Å². The Bertz CT molecular complexity index is 558. The van der Waals surface area contributed by atoms with Crippen LogP contribution in [-0.2, 0) is 10.0 Å². The molecule has 0 spiro atoms. The topological polar surface area (TPSA) is 72.2 Å². The number of sulfonamides is 1. The average molecular weight is 290 g/mol. The fraction of sp³-hybridized carbons (Fsp3) is 0.364. The van der Waals surface area contributed by atoms with Gasteiger partial charge in [-0.15, -0.1) is 0 Å². The number of rotatable bonds is 5. The first-order valence-corrected chi connectivity index (χ1v) is 7.30. The van der Waals surface area contributed by atoms with Gasteiger partial charge in [-0.3, -0.25) is 4.72 Å². The molecule has 1 unspecified atom stereocenters. The molecule has 0 heterocycles. The number of halogens is 1. The van der Waals surface area contributed by atoms with E-state index in [1.165, 1.54) is 12.1 Å². The van der Waals surface area contributed by atoms with Crippen LogP contribution in [0.3, 0.4) is 0 Å². The van der Waals surface area contributed by atoms with Gasteiger partial charge < -0.3 is 5.73 Å². The van der Waals surface area contributed by atoms with E-state index in [0.717, 1.165) is 6.07 Å². The fourth-order valence-electron chi connectivity index (χ4n) is 1.47. The standard InChI is InChI=1S/C11H15FN2O2S2/c1-3-10(11(13)17)18(15,16)14-8-5-4-7(2)9(12)6-8/h4-6,10,14H,3H2,1-2H3,(H2,13,17). The predicted molar refractivity (Wildman–Crippen MR) is 74.5 cm³/mol. The highest BCUT2D eigenvalue weighted by Crippen LogP contribution is 2.17. The zero-order chi connectivity index (χ0) is 13.9. The summed E-state index contributed by atoms with van der Waals surface area (Å²) in [6.45, 7) is 3.26. The van der Waals surface area contributed by atoms with Crippen LogP contribution in [0.1, 0.15) is 18.9 Å². The number of nitrogens with one attached hydrogen (secondary N) is 1. The third-order valence-electron chi connectivity index (χ3n) is 2.49. The van der Waals surface area contributed by atoms with Crippen LogP contribution in [0.2, 0.25) is 0 Å². The molecule has 1 rings (SSSR count). The van der Waals surface area contributed by atoms with E-state index in [2.05, 4.69) is 4.72 Å². The molecule has 4 nitrogen and oxygen atoms in total. The molecule has 0 bridgehead atoms. The number of nitrogens with two attached hydrogens (primary N) is 1. The smallest absolute Gasteiger partial charge is 0.242 e. The van der Waals surface area contributed by atoms with Crippen molar-refractivity contribution in [3.05, 3.63) is 29.6 Å². The second kappa shape index (κ2) is 5.62. The van der Waals surface area contributed by atoms with E-state index in [4.69, 9.17) is 18.0 Å². The zero-order valence-corrected chi connectivity index (χ0v) is 11.7. The SMILES string of the molecule is CCC(C(N)=S)S(=O)(=O)Nc1ccc(C)c(F)c1. The predicted octanol–water partition coefficient (Wildman–Crippen LogP) is 1.94. The van der Waals surface area contributed by atoms with Crippen LogP contribution in [0.15, 0.2) is 18.2 Å². The van der Waals surface area contributed by atoms with Crippen LogP contribution in [0.5, 0.6) is 0 Å². The van der Waals surface area contributed by atoms with Gasteiger partial charge in [-0.05, 0) is 31.0 Å². The van der Waals surface area contributed by atoms with Crippen molar-refractivity contribution < 1.29 is 12.8 Å². The van der Waals surface area contributed by atoms with Crippen molar-refractivity contribution in [2.24, 2.45) is 5.73 Å². The number of benzene rings is 1. The molecule has 1 atom stereocenters. The van der Waals surface area contributed by atoms with Crippen molar-refractivity contribution in [1.29, 1.82) is 0 Å². The van der Waals surface area contributed by atoms with Gasteiger partial charge in [0.2, 0.25) is 10.0 Å². The van der Waals surface area contributed by atoms with Crippen LogP contribution in [0.4, 0.5) is 10.1 Å². The number of anilines is 1. The first-order chi connectivity index (χ1) is 8.27. The van der Waals surface area contributed by atoms with Crippen molar-refractivity contribution in [3.63, 3.8) is 0 Å². The highest BCUT2D eigenvalue weighted by molar-refractivity contribution is 7.95. The van der Waals surface area contributed by atoms with Crippen molar-refractivity contribution in [2.45, 2.75) is 25.5 Å². The molecule has 1 aromatic carbocycles. The molecule has 0 aliphatic rings. The molecular formula is C11H15FN2O2S2. The molecule has 1 aromatic rings. The van der Waals surface area contributed by atoms with Gasteiger partial charge in [-0.25, -0.2) is 12.8 Å². The van der Waals surface area contributed by atoms with E-state index >= 15 is 0 Å². The zero-order valence-electron chi connectivity index (χ0n) is 10.1. The van der Waals surface area contributed by atoms with Gasteiger partial charge in [0.05, 0.1) is 10.7 Å². The monoisotopic (exact) mass is 290 g/mol. The highest BCUT2D eigenvalue weighted by Gasteiger charge is 2.26. The van der Waals surface area contributed by atoms with Crippen LogP contribution in [0.25, 0.3) is 0 Å². The Labute approximate surface area is 111 Å². The maximum absolute atomic E-state index is 13.3. The molecule has 0 amide bonds. The first kappa shape index (κ1) is 14.8. The fourth-order valence-corrected chi connectivity index (χ4v) is 3.35. The molecular weight excluding hydrogens is 275 g/mol. The van der Waals surface area contributed by atoms with Crippen LogP contribution in [0, 0.1) is 12.7 Å². The Balaban J connectivity index is 3.01. The van der Waals surface area contributed by atoms with Gasteiger partial charge in [-0.1, -0.05) is 25.2 Å². The van der Waals surface area contributed by atoms with Crippen molar-refractivity contribution in [3.8, 4) is 0 Å². The Morgan fingerprint density at radius 3 is 2.61 bits per heavy atom. The number of hydrogen-bond acceptors (Lipinski definition) is 3. The number of hydrogen-bond donors (Lipinski definition) is 2. The minimum atomic E-state index is -3.74. The summed E-state index contributed by atoms with van der Waals surface area (Å²) in [4.78, 5) is -0.0995. The molecule has 7 heteroatoms. The normalized spacial score (nSPS) is 13.1. The maximum Gasteiger partial charge on any atom is 0.242 e. The summed E-state index contributed by atoms with van der Waals surface area (Å²) in [5.41, 5.74) is 5.98. The largest absolute Gasteiger partial charge is 0.392 e. The van der Waals surface area contributed by atoms with Crippen molar-refractivity contribution in [2.75, 3.05) is 4.72 Å². The van der Waals surface area contributed by atoms with Crippen LogP contribution < -0.4 is 10.5 Å². The van der Waals surface area contributed by atoms with E-state index in [1.807, 2.05) is 0 Å². The molecule has 3 N–H and O–H groups in total. The minimum Gasteiger partial charge on any atom is -0.392 e. The van der Waals surface area contributed by atoms with Gasteiger partial charge in [0.15, 0.2) is 0 Å². The average Bonchev–Trinajstić information content (AvgIpc) is 2.22. The Morgan fingerprint density at radius 2 is 2.17 bits per heavy atom. The van der Waals surface area contributed by atoms with Crippen LogP contribution in [-0.4, -0.2) is 18.7 Å². The third-order valence-corrected chi connectivity index (χ3v) is 4.78. The van der Waals surface area contributed by atoms with Crippen molar-refractivity contribution in [1.82, 2.24) is 0 Å². The summed E-state index contributed by atoms with van der Waals surface area (Å²) in [5.74, 6) is -0.474. The summed E-state index contributed by atoms with van der Waals surface area (Å²) >= 11 is 4.71. The van der Waals surface area contributed by atoms with Crippen LogP contribution >= 0.6 is 12.2 Å². The summed E-state index contributed by atoms with van der Waals surface area (Å²) in [7, 11) is -3.74.